The van der Waals surface area contributed by atoms with Gasteiger partial charge in [0.25, 0.3) is 0 Å². The van der Waals surface area contributed by atoms with Gasteiger partial charge in [-0.3, -0.25) is 0 Å². The van der Waals surface area contributed by atoms with Gasteiger partial charge in [0, 0.05) is 6.20 Å². The molecule has 0 radical (unpaired) electrons. The van der Waals surface area contributed by atoms with E-state index in [1.165, 1.54) is 0 Å². The predicted molar refractivity (Wildman–Crippen MR) is 58.6 cm³/mol. The Hall–Kier alpha value is -0.800. The second-order valence-corrected chi connectivity index (χ2v) is 3.92. The Bertz CT molecular complexity index is 291. The molecule has 1 rings (SSSR count). The first-order chi connectivity index (χ1) is 6.65. The maximum absolute atomic E-state index is 9.12. The van der Waals surface area contributed by atoms with E-state index in [1.54, 1.807) is 18.3 Å². The molecule has 2 N–H and O–H groups in total. The lowest BCUT2D eigenvalue weighted by atomic mass is 10.1. The number of hydrogen-bond acceptors (Lipinski definition) is 3. The molecule has 1 atom stereocenters. The minimum atomic E-state index is -0.0117. The van der Waals surface area contributed by atoms with E-state index in [9.17, 15) is 0 Å². The molecule has 14 heavy (non-hydrogen) atoms. The van der Waals surface area contributed by atoms with Crippen molar-refractivity contribution in [1.29, 1.82) is 0 Å². The highest BCUT2D eigenvalue weighted by molar-refractivity contribution is 6.32. The smallest absolute Gasteiger partial charge is 0.145 e. The molecular formula is C10H15ClN2O. The van der Waals surface area contributed by atoms with Gasteiger partial charge >= 0.3 is 0 Å². The summed E-state index contributed by atoms with van der Waals surface area (Å²) in [6, 6.07) is 3.53. The standard InChI is InChI=1S/C10H15ClN2O/c1-7(2)9(6-14)13-10-8(11)4-3-5-12-10/h3-5,7,9,14H,6H2,1-2H3,(H,12,13). The van der Waals surface area contributed by atoms with Crippen LogP contribution in [0, 0.1) is 5.92 Å². The van der Waals surface area contributed by atoms with E-state index < -0.39 is 0 Å². The van der Waals surface area contributed by atoms with Crippen molar-refractivity contribution in [2.75, 3.05) is 11.9 Å². The van der Waals surface area contributed by atoms with Gasteiger partial charge in [0.1, 0.15) is 5.82 Å². The maximum atomic E-state index is 9.12. The summed E-state index contributed by atoms with van der Waals surface area (Å²) in [6.07, 6.45) is 1.67. The summed E-state index contributed by atoms with van der Waals surface area (Å²) in [5, 5.41) is 12.8. The number of nitrogens with one attached hydrogen (secondary N) is 1. The molecule has 0 bridgehead atoms. The zero-order valence-electron chi connectivity index (χ0n) is 8.37. The second kappa shape index (κ2) is 5.17. The Balaban J connectivity index is 2.72. The Kier molecular flexibility index (Phi) is 4.17. The molecule has 0 amide bonds. The summed E-state index contributed by atoms with van der Waals surface area (Å²) in [5.41, 5.74) is 0. The van der Waals surface area contributed by atoms with Crippen LogP contribution in [-0.2, 0) is 0 Å². The number of aliphatic hydroxyl groups excluding tert-OH is 1. The van der Waals surface area contributed by atoms with Crippen LogP contribution in [0.4, 0.5) is 5.82 Å². The van der Waals surface area contributed by atoms with Crippen LogP contribution in [0.15, 0.2) is 18.3 Å². The van der Waals surface area contributed by atoms with E-state index >= 15 is 0 Å². The van der Waals surface area contributed by atoms with Gasteiger partial charge in [-0.25, -0.2) is 4.98 Å². The van der Waals surface area contributed by atoms with E-state index in [1.807, 2.05) is 13.8 Å². The summed E-state index contributed by atoms with van der Waals surface area (Å²) in [6.45, 7) is 4.14. The van der Waals surface area contributed by atoms with Crippen LogP contribution >= 0.6 is 11.6 Å². The molecule has 0 saturated heterocycles. The summed E-state index contributed by atoms with van der Waals surface area (Å²) in [7, 11) is 0. The number of rotatable bonds is 4. The molecule has 1 unspecified atom stereocenters. The van der Waals surface area contributed by atoms with Gasteiger partial charge < -0.3 is 10.4 Å². The molecule has 1 aromatic rings. The van der Waals surface area contributed by atoms with Gasteiger partial charge in [0.2, 0.25) is 0 Å². The average molecular weight is 215 g/mol. The minimum absolute atomic E-state index is 0.0117. The Morgan fingerprint density at radius 1 is 1.57 bits per heavy atom. The number of halogens is 1. The van der Waals surface area contributed by atoms with Crippen LogP contribution in [0.3, 0.4) is 0 Å². The monoisotopic (exact) mass is 214 g/mol. The fourth-order valence-electron chi connectivity index (χ4n) is 1.09. The van der Waals surface area contributed by atoms with Crippen molar-refractivity contribution in [1.82, 2.24) is 4.98 Å². The highest BCUT2D eigenvalue weighted by Gasteiger charge is 2.13. The van der Waals surface area contributed by atoms with Crippen molar-refractivity contribution < 1.29 is 5.11 Å². The van der Waals surface area contributed by atoms with E-state index in [2.05, 4.69) is 10.3 Å². The first kappa shape index (κ1) is 11.3. The van der Waals surface area contributed by atoms with Crippen molar-refractivity contribution in [3.8, 4) is 0 Å². The molecule has 0 aliphatic rings. The third kappa shape index (κ3) is 2.86. The third-order valence-electron chi connectivity index (χ3n) is 2.08. The number of nitrogens with zero attached hydrogens (tertiary/aromatic N) is 1. The molecule has 0 fully saturated rings. The Morgan fingerprint density at radius 3 is 2.79 bits per heavy atom. The van der Waals surface area contributed by atoms with Crippen molar-refractivity contribution >= 4 is 17.4 Å². The zero-order valence-corrected chi connectivity index (χ0v) is 9.12. The Labute approximate surface area is 89.1 Å². The van der Waals surface area contributed by atoms with Crippen molar-refractivity contribution in [3.63, 3.8) is 0 Å². The van der Waals surface area contributed by atoms with Gasteiger partial charge in [0.05, 0.1) is 17.7 Å². The van der Waals surface area contributed by atoms with Gasteiger partial charge in [-0.2, -0.15) is 0 Å². The van der Waals surface area contributed by atoms with E-state index in [-0.39, 0.29) is 12.6 Å². The predicted octanol–water partition coefficient (Wildman–Crippen LogP) is 2.16. The molecule has 0 aromatic carbocycles. The van der Waals surface area contributed by atoms with Crippen LogP contribution in [0.5, 0.6) is 0 Å². The van der Waals surface area contributed by atoms with Crippen LogP contribution < -0.4 is 5.32 Å². The summed E-state index contributed by atoms with van der Waals surface area (Å²) >= 11 is 5.92. The van der Waals surface area contributed by atoms with Gasteiger partial charge in [-0.1, -0.05) is 25.4 Å². The third-order valence-corrected chi connectivity index (χ3v) is 2.39. The molecule has 0 spiro atoms. The van der Waals surface area contributed by atoms with E-state index in [0.29, 0.717) is 16.8 Å². The molecule has 0 saturated carbocycles. The number of aromatic nitrogens is 1. The largest absolute Gasteiger partial charge is 0.394 e. The minimum Gasteiger partial charge on any atom is -0.394 e. The van der Waals surface area contributed by atoms with Gasteiger partial charge in [-0.15, -0.1) is 0 Å². The fraction of sp³-hybridized carbons (Fsp3) is 0.500. The summed E-state index contributed by atoms with van der Waals surface area (Å²) in [5.74, 6) is 0.958. The number of pyridine rings is 1. The van der Waals surface area contributed by atoms with Crippen molar-refractivity contribution in [2.24, 2.45) is 5.92 Å². The lowest BCUT2D eigenvalue weighted by molar-refractivity contribution is 0.249. The molecule has 4 heteroatoms. The van der Waals surface area contributed by atoms with Gasteiger partial charge in [-0.05, 0) is 18.1 Å². The molecule has 3 nitrogen and oxygen atoms in total. The number of aliphatic hydroxyl groups is 1. The second-order valence-electron chi connectivity index (χ2n) is 3.51. The number of anilines is 1. The highest BCUT2D eigenvalue weighted by Crippen LogP contribution is 2.19. The van der Waals surface area contributed by atoms with Crippen molar-refractivity contribution in [3.05, 3.63) is 23.4 Å². The fourth-order valence-corrected chi connectivity index (χ4v) is 1.27. The molecular weight excluding hydrogens is 200 g/mol. The molecule has 0 aliphatic carbocycles. The normalized spacial score (nSPS) is 12.9. The van der Waals surface area contributed by atoms with Gasteiger partial charge in [0.15, 0.2) is 0 Å². The molecule has 1 aromatic heterocycles. The molecule has 0 aliphatic heterocycles. The van der Waals surface area contributed by atoms with E-state index in [0.717, 1.165) is 0 Å². The van der Waals surface area contributed by atoms with E-state index in [4.69, 9.17) is 16.7 Å². The summed E-state index contributed by atoms with van der Waals surface area (Å²) in [4.78, 5) is 4.09. The van der Waals surface area contributed by atoms with Crippen LogP contribution in [-0.4, -0.2) is 22.7 Å². The maximum Gasteiger partial charge on any atom is 0.145 e. The SMILES string of the molecule is CC(C)C(CO)Nc1ncccc1Cl. The van der Waals surface area contributed by atoms with Crippen LogP contribution in [0.25, 0.3) is 0 Å². The number of hydrogen-bond donors (Lipinski definition) is 2. The molecule has 78 valence electrons. The quantitative estimate of drug-likeness (QED) is 0.808. The zero-order chi connectivity index (χ0) is 10.6. The average Bonchev–Trinajstić information content (AvgIpc) is 2.16. The topological polar surface area (TPSA) is 45.1 Å². The van der Waals surface area contributed by atoms with Crippen LogP contribution in [0.2, 0.25) is 5.02 Å². The highest BCUT2D eigenvalue weighted by atomic mass is 35.5. The first-order valence-electron chi connectivity index (χ1n) is 4.63. The lowest BCUT2D eigenvalue weighted by Gasteiger charge is -2.20. The lowest BCUT2D eigenvalue weighted by Crippen LogP contribution is -2.29. The molecule has 1 heterocycles. The first-order valence-corrected chi connectivity index (χ1v) is 5.01. The van der Waals surface area contributed by atoms with Crippen LogP contribution in [0.1, 0.15) is 13.8 Å². The summed E-state index contributed by atoms with van der Waals surface area (Å²) < 4.78 is 0. The van der Waals surface area contributed by atoms with Crippen molar-refractivity contribution in [2.45, 2.75) is 19.9 Å². The Morgan fingerprint density at radius 2 is 2.29 bits per heavy atom.